The van der Waals surface area contributed by atoms with E-state index in [0.717, 1.165) is 5.69 Å². The summed E-state index contributed by atoms with van der Waals surface area (Å²) in [5.41, 5.74) is 6.47. The number of carboxylic acid groups (broad SMARTS) is 1. The van der Waals surface area contributed by atoms with E-state index in [1.807, 2.05) is 0 Å². The van der Waals surface area contributed by atoms with Gasteiger partial charge in [-0.25, -0.2) is 4.79 Å². The predicted octanol–water partition coefficient (Wildman–Crippen LogP) is -0.151. The van der Waals surface area contributed by atoms with Gasteiger partial charge in [-0.15, -0.1) is 0 Å². The zero-order valence-corrected chi connectivity index (χ0v) is 22.1. The van der Waals surface area contributed by atoms with Gasteiger partial charge in [0.1, 0.15) is 6.04 Å². The van der Waals surface area contributed by atoms with E-state index >= 15 is 0 Å². The maximum atomic E-state index is 12.3. The molecule has 0 aliphatic heterocycles. The number of carbonyl (C=O) groups excluding carboxylic acids is 2. The number of hydrogen-bond acceptors (Lipinski definition) is 10. The fourth-order valence-corrected chi connectivity index (χ4v) is 2.98. The largest absolute Gasteiger partial charge is 0.480 e. The molecule has 0 bridgehead atoms. The molecule has 38 heavy (non-hydrogen) atoms. The van der Waals surface area contributed by atoms with E-state index in [1.54, 1.807) is 31.3 Å². The molecule has 13 heteroatoms. The second kappa shape index (κ2) is 22.2. The first-order valence-electron chi connectivity index (χ1n) is 12.6. The van der Waals surface area contributed by atoms with Gasteiger partial charge >= 0.3 is 5.97 Å². The first-order chi connectivity index (χ1) is 18.5. The lowest BCUT2D eigenvalue weighted by Crippen LogP contribution is -2.41. The molecule has 0 saturated heterocycles. The summed E-state index contributed by atoms with van der Waals surface area (Å²) in [5, 5.41) is 17.4. The van der Waals surface area contributed by atoms with Crippen molar-refractivity contribution in [2.24, 2.45) is 5.73 Å². The van der Waals surface area contributed by atoms with Gasteiger partial charge in [-0.2, -0.15) is 0 Å². The summed E-state index contributed by atoms with van der Waals surface area (Å²) in [6.07, 6.45) is -0.0836. The number of nitrogens with two attached hydrogens (primary N) is 1. The Hall–Kier alpha value is -2.81. The molecule has 0 radical (unpaired) electrons. The van der Waals surface area contributed by atoms with Gasteiger partial charge in [0.2, 0.25) is 5.91 Å². The summed E-state index contributed by atoms with van der Waals surface area (Å²) in [7, 11) is 1.75. The summed E-state index contributed by atoms with van der Waals surface area (Å²) in [6, 6.07) is 5.43. The number of carboxylic acids is 1. The monoisotopic (exact) mass is 542 g/mol. The van der Waals surface area contributed by atoms with Crippen LogP contribution in [0, 0.1) is 0 Å². The lowest BCUT2D eigenvalue weighted by atomic mass is 10.1. The van der Waals surface area contributed by atoms with Crippen LogP contribution in [0.2, 0.25) is 0 Å². The number of aliphatic carboxylic acids is 1. The number of rotatable bonds is 24. The minimum absolute atomic E-state index is 0.0341. The maximum absolute atomic E-state index is 12.3. The molecule has 0 unspecified atom stereocenters. The van der Waals surface area contributed by atoms with Gasteiger partial charge in [-0.1, -0.05) is 0 Å². The van der Waals surface area contributed by atoms with Crippen LogP contribution in [0.4, 0.5) is 5.69 Å². The molecule has 6 N–H and O–H groups in total. The van der Waals surface area contributed by atoms with Crippen LogP contribution in [-0.2, 0) is 33.3 Å². The minimum atomic E-state index is -1.20. The third kappa shape index (κ3) is 16.8. The van der Waals surface area contributed by atoms with Crippen molar-refractivity contribution in [2.45, 2.75) is 18.9 Å². The molecule has 2 amide bonds. The van der Waals surface area contributed by atoms with Crippen LogP contribution >= 0.6 is 0 Å². The maximum Gasteiger partial charge on any atom is 0.326 e. The van der Waals surface area contributed by atoms with Crippen molar-refractivity contribution < 1.29 is 43.2 Å². The van der Waals surface area contributed by atoms with E-state index in [9.17, 15) is 19.5 Å². The highest BCUT2D eigenvalue weighted by atomic mass is 16.6. The lowest BCUT2D eigenvalue weighted by molar-refractivity contribution is -0.139. The molecule has 1 aromatic carbocycles. The predicted molar refractivity (Wildman–Crippen MR) is 140 cm³/mol. The number of hydrogen-bond donors (Lipinski definition) is 5. The van der Waals surface area contributed by atoms with Gasteiger partial charge in [-0.05, 0) is 30.7 Å². The molecule has 0 aromatic heterocycles. The molecule has 0 fully saturated rings. The Morgan fingerprint density at radius 1 is 0.816 bits per heavy atom. The Morgan fingerprint density at radius 2 is 1.32 bits per heavy atom. The van der Waals surface area contributed by atoms with E-state index in [-0.39, 0.29) is 25.3 Å². The topological polar surface area (TPSA) is 180 Å². The van der Waals surface area contributed by atoms with Crippen molar-refractivity contribution >= 4 is 23.5 Å². The van der Waals surface area contributed by atoms with Gasteiger partial charge in [0.25, 0.3) is 5.91 Å². The Morgan fingerprint density at radius 3 is 1.79 bits per heavy atom. The van der Waals surface area contributed by atoms with Gasteiger partial charge in [-0.3, -0.25) is 9.59 Å². The number of carbonyl (C=O) groups is 3. The van der Waals surface area contributed by atoms with Crippen molar-refractivity contribution in [3.8, 4) is 0 Å². The second-order valence-electron chi connectivity index (χ2n) is 7.93. The summed E-state index contributed by atoms with van der Waals surface area (Å²) in [6.45, 7) is 5.22. The average molecular weight is 543 g/mol. The molecule has 1 atom stereocenters. The molecule has 216 valence electrons. The molecule has 0 heterocycles. The normalized spacial score (nSPS) is 11.6. The van der Waals surface area contributed by atoms with Crippen LogP contribution in [0.25, 0.3) is 0 Å². The van der Waals surface area contributed by atoms with Crippen LogP contribution in [0.5, 0.6) is 0 Å². The highest BCUT2D eigenvalue weighted by Gasteiger charge is 2.21. The van der Waals surface area contributed by atoms with Crippen LogP contribution in [0.1, 0.15) is 23.2 Å². The van der Waals surface area contributed by atoms with E-state index < -0.39 is 17.9 Å². The first kappa shape index (κ1) is 33.2. The highest BCUT2D eigenvalue weighted by molar-refractivity contribution is 5.97. The summed E-state index contributed by atoms with van der Waals surface area (Å²) >= 11 is 0. The van der Waals surface area contributed by atoms with E-state index in [0.29, 0.717) is 78.2 Å². The van der Waals surface area contributed by atoms with Crippen LogP contribution in [-0.4, -0.2) is 115 Å². The van der Waals surface area contributed by atoms with Crippen LogP contribution < -0.4 is 21.7 Å². The first-order valence-corrected chi connectivity index (χ1v) is 12.6. The number of anilines is 1. The fraction of sp³-hybridized carbons (Fsp3) is 0.640. The van der Waals surface area contributed by atoms with Crippen molar-refractivity contribution in [3.05, 3.63) is 29.8 Å². The van der Waals surface area contributed by atoms with Gasteiger partial charge < -0.3 is 50.5 Å². The molecular formula is C25H42N4O9. The standard InChI is InChI=1S/C25H42N4O9/c1-27-21-4-2-20(3-5-21)24(31)29-22(25(32)33)6-7-23(30)28-9-11-35-13-15-37-17-19-38-18-16-36-14-12-34-10-8-26/h2-5,22,27H,6-19,26H2,1H3,(H,28,30)(H,29,31)(H,32,33)/t22-/m0/s1. The number of ether oxygens (including phenoxy) is 5. The fourth-order valence-electron chi connectivity index (χ4n) is 2.98. The average Bonchev–Trinajstić information content (AvgIpc) is 2.92. The molecule has 0 aliphatic rings. The van der Waals surface area contributed by atoms with Gasteiger partial charge in [0.05, 0.1) is 66.1 Å². The minimum Gasteiger partial charge on any atom is -0.480 e. The van der Waals surface area contributed by atoms with E-state index in [1.165, 1.54) is 0 Å². The Kier molecular flexibility index (Phi) is 19.4. The number of amides is 2. The third-order valence-electron chi connectivity index (χ3n) is 5.02. The van der Waals surface area contributed by atoms with Gasteiger partial charge in [0, 0.05) is 37.8 Å². The number of benzene rings is 1. The van der Waals surface area contributed by atoms with Crippen molar-refractivity contribution in [1.29, 1.82) is 0 Å². The molecular weight excluding hydrogens is 500 g/mol. The van der Waals surface area contributed by atoms with Crippen molar-refractivity contribution in [2.75, 3.05) is 91.5 Å². The molecule has 0 spiro atoms. The Balaban J connectivity index is 2.00. The summed E-state index contributed by atoms with van der Waals surface area (Å²) < 4.78 is 26.7. The zero-order chi connectivity index (χ0) is 27.8. The third-order valence-corrected chi connectivity index (χ3v) is 5.02. The Bertz CT molecular complexity index is 781. The highest BCUT2D eigenvalue weighted by Crippen LogP contribution is 2.09. The lowest BCUT2D eigenvalue weighted by Gasteiger charge is -2.15. The molecule has 0 saturated carbocycles. The zero-order valence-electron chi connectivity index (χ0n) is 22.1. The Labute approximate surface area is 223 Å². The summed E-state index contributed by atoms with van der Waals surface area (Å²) in [4.78, 5) is 35.8. The molecule has 1 aromatic rings. The van der Waals surface area contributed by atoms with Crippen molar-refractivity contribution in [3.63, 3.8) is 0 Å². The quantitative estimate of drug-likeness (QED) is 0.110. The SMILES string of the molecule is CNc1ccc(C(=O)N[C@@H](CCC(=O)NCCOCCOCCOCCOCCOCCN)C(=O)O)cc1. The second-order valence-corrected chi connectivity index (χ2v) is 7.93. The molecule has 13 nitrogen and oxygen atoms in total. The number of nitrogens with one attached hydrogen (secondary N) is 3. The summed E-state index contributed by atoms with van der Waals surface area (Å²) in [5.74, 6) is -2.05. The van der Waals surface area contributed by atoms with Crippen LogP contribution in [0.15, 0.2) is 24.3 Å². The van der Waals surface area contributed by atoms with E-state index in [2.05, 4.69) is 16.0 Å². The van der Waals surface area contributed by atoms with Gasteiger partial charge in [0.15, 0.2) is 0 Å². The smallest absolute Gasteiger partial charge is 0.326 e. The molecule has 1 rings (SSSR count). The van der Waals surface area contributed by atoms with Crippen LogP contribution in [0.3, 0.4) is 0 Å². The molecule has 0 aliphatic carbocycles. The van der Waals surface area contributed by atoms with E-state index in [4.69, 9.17) is 29.4 Å². The van der Waals surface area contributed by atoms with Crippen molar-refractivity contribution in [1.82, 2.24) is 10.6 Å².